The third-order valence-corrected chi connectivity index (χ3v) is 2.25. The van der Waals surface area contributed by atoms with Crippen LogP contribution in [-0.2, 0) is 13.7 Å². The SMILES string of the molecule is Cn1cc(COc2ccc(F)cc2C=O)cn1. The van der Waals surface area contributed by atoms with Gasteiger partial charge in [0.15, 0.2) is 6.29 Å². The van der Waals surface area contributed by atoms with Crippen molar-refractivity contribution in [2.24, 2.45) is 7.05 Å². The fourth-order valence-corrected chi connectivity index (χ4v) is 1.45. The Hall–Kier alpha value is -2.17. The molecule has 0 amide bonds. The number of benzene rings is 1. The van der Waals surface area contributed by atoms with Gasteiger partial charge < -0.3 is 4.74 Å². The first-order valence-corrected chi connectivity index (χ1v) is 5.04. The number of halogens is 1. The zero-order chi connectivity index (χ0) is 12.3. The number of aryl methyl sites for hydroxylation is 1. The summed E-state index contributed by atoms with van der Waals surface area (Å²) in [4.78, 5) is 10.7. The number of carbonyl (C=O) groups is 1. The van der Waals surface area contributed by atoms with Gasteiger partial charge in [-0.3, -0.25) is 9.48 Å². The van der Waals surface area contributed by atoms with E-state index in [0.717, 1.165) is 11.6 Å². The molecule has 5 heteroatoms. The molecule has 4 nitrogen and oxygen atoms in total. The fourth-order valence-electron chi connectivity index (χ4n) is 1.45. The molecule has 0 spiro atoms. The zero-order valence-electron chi connectivity index (χ0n) is 9.26. The summed E-state index contributed by atoms with van der Waals surface area (Å²) in [6, 6.07) is 3.84. The van der Waals surface area contributed by atoms with Gasteiger partial charge in [0.1, 0.15) is 18.2 Å². The smallest absolute Gasteiger partial charge is 0.153 e. The number of carbonyl (C=O) groups excluding carboxylic acids is 1. The highest BCUT2D eigenvalue weighted by molar-refractivity contribution is 5.79. The monoisotopic (exact) mass is 234 g/mol. The van der Waals surface area contributed by atoms with E-state index in [1.807, 2.05) is 6.20 Å². The van der Waals surface area contributed by atoms with Crippen LogP contribution in [0, 0.1) is 5.82 Å². The lowest BCUT2D eigenvalue weighted by Gasteiger charge is -2.06. The van der Waals surface area contributed by atoms with Gasteiger partial charge in [-0.2, -0.15) is 5.10 Å². The van der Waals surface area contributed by atoms with E-state index in [1.165, 1.54) is 12.1 Å². The molecule has 0 bridgehead atoms. The van der Waals surface area contributed by atoms with Gasteiger partial charge in [-0.25, -0.2) is 4.39 Å². The second-order valence-corrected chi connectivity index (χ2v) is 3.61. The van der Waals surface area contributed by atoms with Gasteiger partial charge in [0.2, 0.25) is 0 Å². The molecule has 2 aromatic rings. The summed E-state index contributed by atoms with van der Waals surface area (Å²) < 4.78 is 20.0. The lowest BCUT2D eigenvalue weighted by Crippen LogP contribution is -1.98. The number of aromatic nitrogens is 2. The van der Waals surface area contributed by atoms with Crippen molar-refractivity contribution < 1.29 is 13.9 Å². The lowest BCUT2D eigenvalue weighted by atomic mass is 10.2. The Morgan fingerprint density at radius 1 is 1.53 bits per heavy atom. The van der Waals surface area contributed by atoms with E-state index in [0.29, 0.717) is 18.6 Å². The van der Waals surface area contributed by atoms with Crippen molar-refractivity contribution >= 4 is 6.29 Å². The summed E-state index contributed by atoms with van der Waals surface area (Å²) in [5.74, 6) is -0.0916. The normalized spacial score (nSPS) is 10.2. The van der Waals surface area contributed by atoms with Crippen LogP contribution in [0.3, 0.4) is 0 Å². The van der Waals surface area contributed by atoms with Gasteiger partial charge in [-0.05, 0) is 18.2 Å². The quantitative estimate of drug-likeness (QED) is 0.759. The van der Waals surface area contributed by atoms with Crippen molar-refractivity contribution in [1.82, 2.24) is 9.78 Å². The molecular weight excluding hydrogens is 223 g/mol. The van der Waals surface area contributed by atoms with Crippen LogP contribution >= 0.6 is 0 Å². The van der Waals surface area contributed by atoms with Gasteiger partial charge >= 0.3 is 0 Å². The number of nitrogens with zero attached hydrogens (tertiary/aromatic N) is 2. The maximum absolute atomic E-state index is 12.9. The Balaban J connectivity index is 2.11. The lowest BCUT2D eigenvalue weighted by molar-refractivity contribution is 0.111. The van der Waals surface area contributed by atoms with Crippen molar-refractivity contribution in [3.05, 3.63) is 47.5 Å². The molecule has 0 unspecified atom stereocenters. The first kappa shape index (κ1) is 11.3. The Bertz CT molecular complexity index is 537. The highest BCUT2D eigenvalue weighted by atomic mass is 19.1. The predicted molar refractivity (Wildman–Crippen MR) is 59.3 cm³/mol. The molecule has 0 aliphatic carbocycles. The molecule has 0 saturated carbocycles. The summed E-state index contributed by atoms with van der Waals surface area (Å²) in [6.07, 6.45) is 4.05. The van der Waals surface area contributed by atoms with Gasteiger partial charge in [-0.15, -0.1) is 0 Å². The molecule has 0 radical (unpaired) electrons. The van der Waals surface area contributed by atoms with Crippen molar-refractivity contribution in [1.29, 1.82) is 0 Å². The largest absolute Gasteiger partial charge is 0.488 e. The van der Waals surface area contributed by atoms with Crippen LogP contribution in [0.5, 0.6) is 5.75 Å². The van der Waals surface area contributed by atoms with Crippen molar-refractivity contribution in [2.45, 2.75) is 6.61 Å². The minimum Gasteiger partial charge on any atom is -0.488 e. The molecule has 0 N–H and O–H groups in total. The molecule has 0 aliphatic heterocycles. The molecule has 17 heavy (non-hydrogen) atoms. The molecule has 1 heterocycles. The highest BCUT2D eigenvalue weighted by Crippen LogP contribution is 2.19. The molecule has 0 saturated heterocycles. The van der Waals surface area contributed by atoms with E-state index < -0.39 is 5.82 Å². The molecule has 2 rings (SSSR count). The van der Waals surface area contributed by atoms with Crippen molar-refractivity contribution in [2.75, 3.05) is 0 Å². The summed E-state index contributed by atoms with van der Waals surface area (Å²) in [5, 5.41) is 3.99. The average molecular weight is 234 g/mol. The Morgan fingerprint density at radius 2 is 2.35 bits per heavy atom. The topological polar surface area (TPSA) is 44.1 Å². The third kappa shape index (κ3) is 2.69. The number of hydrogen-bond donors (Lipinski definition) is 0. The number of rotatable bonds is 4. The van der Waals surface area contributed by atoms with Gasteiger partial charge in [-0.1, -0.05) is 0 Å². The average Bonchev–Trinajstić information content (AvgIpc) is 2.73. The van der Waals surface area contributed by atoms with Gasteiger partial charge in [0.05, 0.1) is 11.8 Å². The molecular formula is C12H11FN2O2. The summed E-state index contributed by atoms with van der Waals surface area (Å²) in [5.41, 5.74) is 1.09. The summed E-state index contributed by atoms with van der Waals surface area (Å²) >= 11 is 0. The van der Waals surface area contributed by atoms with E-state index in [1.54, 1.807) is 17.9 Å². The number of aldehydes is 1. The minimum absolute atomic E-state index is 0.203. The van der Waals surface area contributed by atoms with Crippen LogP contribution in [0.4, 0.5) is 4.39 Å². The second kappa shape index (κ2) is 4.78. The van der Waals surface area contributed by atoms with Crippen molar-refractivity contribution in [3.8, 4) is 5.75 Å². The zero-order valence-corrected chi connectivity index (χ0v) is 9.26. The Morgan fingerprint density at radius 3 is 3.00 bits per heavy atom. The van der Waals surface area contributed by atoms with Crippen molar-refractivity contribution in [3.63, 3.8) is 0 Å². The van der Waals surface area contributed by atoms with Crippen LogP contribution in [0.2, 0.25) is 0 Å². The molecule has 1 aromatic carbocycles. The fraction of sp³-hybridized carbons (Fsp3) is 0.167. The summed E-state index contributed by atoms with van der Waals surface area (Å²) in [7, 11) is 1.80. The molecule has 0 atom stereocenters. The third-order valence-electron chi connectivity index (χ3n) is 2.25. The molecule has 88 valence electrons. The van der Waals surface area contributed by atoms with E-state index in [-0.39, 0.29) is 5.56 Å². The Kier molecular flexibility index (Phi) is 3.18. The van der Waals surface area contributed by atoms with E-state index >= 15 is 0 Å². The van der Waals surface area contributed by atoms with Crippen LogP contribution in [0.15, 0.2) is 30.6 Å². The predicted octanol–water partition coefficient (Wildman–Crippen LogP) is 1.95. The maximum atomic E-state index is 12.9. The first-order valence-electron chi connectivity index (χ1n) is 5.04. The molecule has 1 aromatic heterocycles. The van der Waals surface area contributed by atoms with Crippen LogP contribution < -0.4 is 4.74 Å². The second-order valence-electron chi connectivity index (χ2n) is 3.61. The first-order chi connectivity index (χ1) is 8.19. The van der Waals surface area contributed by atoms with E-state index in [2.05, 4.69) is 5.10 Å². The van der Waals surface area contributed by atoms with Crippen LogP contribution in [0.1, 0.15) is 15.9 Å². The molecule has 0 fully saturated rings. The van der Waals surface area contributed by atoms with Gasteiger partial charge in [0, 0.05) is 18.8 Å². The maximum Gasteiger partial charge on any atom is 0.153 e. The van der Waals surface area contributed by atoms with E-state index in [9.17, 15) is 9.18 Å². The van der Waals surface area contributed by atoms with E-state index in [4.69, 9.17) is 4.74 Å². The minimum atomic E-state index is -0.458. The highest BCUT2D eigenvalue weighted by Gasteiger charge is 2.05. The summed E-state index contributed by atoms with van der Waals surface area (Å²) in [6.45, 7) is 0.292. The van der Waals surface area contributed by atoms with Crippen LogP contribution in [0.25, 0.3) is 0 Å². The number of hydrogen-bond acceptors (Lipinski definition) is 3. The number of ether oxygens (including phenoxy) is 1. The molecule has 0 aliphatic rings. The van der Waals surface area contributed by atoms with Gasteiger partial charge in [0.25, 0.3) is 0 Å². The van der Waals surface area contributed by atoms with Crippen LogP contribution in [-0.4, -0.2) is 16.1 Å². The Labute approximate surface area is 97.6 Å². The standard InChI is InChI=1S/C12H11FN2O2/c1-15-6-9(5-14-15)8-17-12-3-2-11(13)4-10(12)7-16/h2-7H,8H2,1H3.